The second-order valence-electron chi connectivity index (χ2n) is 10.0. The van der Waals surface area contributed by atoms with Crippen molar-refractivity contribution in [2.75, 3.05) is 27.7 Å². The van der Waals surface area contributed by atoms with E-state index in [-0.39, 0.29) is 23.4 Å². The molecule has 2 N–H and O–H groups in total. The molecule has 2 amide bonds. The first-order chi connectivity index (χ1) is 17.3. The highest BCUT2D eigenvalue weighted by Gasteiger charge is 2.37. The maximum absolute atomic E-state index is 12.5. The predicted molar refractivity (Wildman–Crippen MR) is 148 cm³/mol. The molecule has 196 valence electrons. The molecule has 2 aromatic rings. The number of methoxy groups -OCH3 is 1. The van der Waals surface area contributed by atoms with Gasteiger partial charge in [0.25, 0.3) is 0 Å². The Labute approximate surface area is 224 Å². The maximum atomic E-state index is 12.5. The van der Waals surface area contributed by atoms with Crippen LogP contribution in [0.4, 0.5) is 0 Å². The van der Waals surface area contributed by atoms with Gasteiger partial charge in [-0.15, -0.1) is 0 Å². The number of benzene rings is 2. The van der Waals surface area contributed by atoms with E-state index in [0.29, 0.717) is 32.2 Å². The summed E-state index contributed by atoms with van der Waals surface area (Å²) in [6.45, 7) is 0.538. The van der Waals surface area contributed by atoms with E-state index < -0.39 is 0 Å². The lowest BCUT2D eigenvalue weighted by Gasteiger charge is -2.45. The van der Waals surface area contributed by atoms with Crippen LogP contribution in [0.25, 0.3) is 0 Å². The lowest BCUT2D eigenvalue weighted by atomic mass is 9.75. The molecule has 0 spiro atoms. The summed E-state index contributed by atoms with van der Waals surface area (Å²) in [6, 6.07) is 16.7. The van der Waals surface area contributed by atoms with Gasteiger partial charge >= 0.3 is 0 Å². The number of likely N-dealkylation sites (N-methyl/N-ethyl adjacent to an activating group) is 1. The van der Waals surface area contributed by atoms with E-state index >= 15 is 0 Å². The van der Waals surface area contributed by atoms with E-state index in [0.717, 1.165) is 47.9 Å². The van der Waals surface area contributed by atoms with Crippen LogP contribution in [0.3, 0.4) is 0 Å². The summed E-state index contributed by atoms with van der Waals surface area (Å²) < 4.78 is 6.36. The van der Waals surface area contributed by atoms with Crippen molar-refractivity contribution >= 4 is 27.7 Å². The van der Waals surface area contributed by atoms with Gasteiger partial charge in [0, 0.05) is 35.4 Å². The van der Waals surface area contributed by atoms with Crippen molar-refractivity contribution in [3.05, 3.63) is 64.1 Å². The van der Waals surface area contributed by atoms with Gasteiger partial charge in [-0.25, -0.2) is 0 Å². The number of hydrogen-bond donors (Lipinski definition) is 2. The van der Waals surface area contributed by atoms with Crippen LogP contribution in [0.1, 0.15) is 56.1 Å². The Balaban J connectivity index is 1.34. The average molecular weight is 559 g/mol. The molecule has 0 bridgehead atoms. The highest BCUT2D eigenvalue weighted by atomic mass is 79.9. The summed E-state index contributed by atoms with van der Waals surface area (Å²) in [7, 11) is 5.98. The van der Waals surface area contributed by atoms with Gasteiger partial charge in [-0.3, -0.25) is 9.59 Å². The Kier molecular flexibility index (Phi) is 10.8. The molecule has 7 heteroatoms. The molecule has 36 heavy (non-hydrogen) atoms. The smallest absolute Gasteiger partial charge is 0.220 e. The molecule has 1 fully saturated rings. The third-order valence-corrected chi connectivity index (χ3v) is 7.87. The minimum Gasteiger partial charge on any atom is -0.496 e. The zero-order chi connectivity index (χ0) is 26.0. The third kappa shape index (κ3) is 8.34. The number of hydrogen-bond acceptors (Lipinski definition) is 4. The fourth-order valence-electron chi connectivity index (χ4n) is 5.13. The zero-order valence-electron chi connectivity index (χ0n) is 21.8. The Morgan fingerprint density at radius 2 is 1.75 bits per heavy atom. The molecule has 0 aromatic heterocycles. The highest BCUT2D eigenvalue weighted by Crippen LogP contribution is 2.35. The number of amides is 2. The van der Waals surface area contributed by atoms with Gasteiger partial charge in [-0.1, -0.05) is 46.3 Å². The van der Waals surface area contributed by atoms with Crippen LogP contribution in [-0.4, -0.2) is 56.0 Å². The molecule has 6 nitrogen and oxygen atoms in total. The van der Waals surface area contributed by atoms with Gasteiger partial charge < -0.3 is 20.3 Å². The van der Waals surface area contributed by atoms with Crippen molar-refractivity contribution in [1.29, 1.82) is 0 Å². The summed E-state index contributed by atoms with van der Waals surface area (Å²) in [5.74, 6) is 0.841. The fraction of sp³-hybridized carbons (Fsp3) is 0.517. The van der Waals surface area contributed by atoms with Crippen LogP contribution >= 0.6 is 15.9 Å². The monoisotopic (exact) mass is 557 g/mol. The third-order valence-electron chi connectivity index (χ3n) is 7.37. The average Bonchev–Trinajstić information content (AvgIpc) is 2.86. The molecule has 0 aliphatic heterocycles. The number of nitrogens with zero attached hydrogens (tertiary/aromatic N) is 1. The van der Waals surface area contributed by atoms with E-state index in [1.807, 2.05) is 18.2 Å². The molecule has 1 aliphatic rings. The van der Waals surface area contributed by atoms with Crippen LogP contribution in [0.5, 0.6) is 5.75 Å². The summed E-state index contributed by atoms with van der Waals surface area (Å²) in [4.78, 5) is 27.1. The topological polar surface area (TPSA) is 70.7 Å². The molecular weight excluding hydrogens is 518 g/mol. The van der Waals surface area contributed by atoms with Gasteiger partial charge in [0.1, 0.15) is 5.75 Å². The minimum absolute atomic E-state index is 0.0221. The summed E-state index contributed by atoms with van der Waals surface area (Å²) in [6.07, 6.45) is 7.10. The van der Waals surface area contributed by atoms with Crippen molar-refractivity contribution in [1.82, 2.24) is 15.5 Å². The molecule has 0 atom stereocenters. The van der Waals surface area contributed by atoms with Crippen molar-refractivity contribution in [3.63, 3.8) is 0 Å². The van der Waals surface area contributed by atoms with E-state index in [1.165, 1.54) is 5.56 Å². The van der Waals surface area contributed by atoms with Crippen LogP contribution in [-0.2, 0) is 22.4 Å². The Morgan fingerprint density at radius 1 is 1.06 bits per heavy atom. The van der Waals surface area contributed by atoms with Crippen LogP contribution in [0, 0.1) is 0 Å². The number of carbonyl (C=O) groups excluding carboxylic acids is 2. The quantitative estimate of drug-likeness (QED) is 0.390. The van der Waals surface area contributed by atoms with Gasteiger partial charge in [0.15, 0.2) is 0 Å². The first-order valence-electron chi connectivity index (χ1n) is 12.9. The standard InChI is InChI=1S/C29H40BrN3O3/c1-33(2)29(21-22-8-5-4-6-9-22)17-14-25(15-18-29)32-28(35)11-7-10-27(34)31-19-16-23-20-24(30)12-13-26(23)36-3/h4-6,8-9,12-13,20,25H,7,10-11,14-19,21H2,1-3H3,(H,31,34)(H,32,35). The molecule has 0 unspecified atom stereocenters. The van der Waals surface area contributed by atoms with Gasteiger partial charge in [-0.05, 0) is 88.4 Å². The number of halogens is 1. The largest absolute Gasteiger partial charge is 0.496 e. The molecule has 2 aromatic carbocycles. The minimum atomic E-state index is -0.0221. The van der Waals surface area contributed by atoms with Crippen molar-refractivity contribution in [2.45, 2.75) is 69.4 Å². The molecule has 1 aliphatic carbocycles. The van der Waals surface area contributed by atoms with E-state index in [9.17, 15) is 9.59 Å². The number of ether oxygens (including phenoxy) is 1. The first kappa shape index (κ1) is 28.2. The summed E-state index contributed by atoms with van der Waals surface area (Å²) >= 11 is 3.47. The Morgan fingerprint density at radius 3 is 2.42 bits per heavy atom. The van der Waals surface area contributed by atoms with Crippen molar-refractivity contribution in [2.24, 2.45) is 0 Å². The second-order valence-corrected chi connectivity index (χ2v) is 10.9. The van der Waals surface area contributed by atoms with Crippen LogP contribution in [0.15, 0.2) is 53.0 Å². The van der Waals surface area contributed by atoms with Crippen LogP contribution < -0.4 is 15.4 Å². The lowest BCUT2D eigenvalue weighted by molar-refractivity contribution is -0.123. The molecule has 0 heterocycles. The van der Waals surface area contributed by atoms with Crippen molar-refractivity contribution < 1.29 is 14.3 Å². The molecule has 3 rings (SSSR count). The van der Waals surface area contributed by atoms with E-state index in [2.05, 4.69) is 75.9 Å². The number of carbonyl (C=O) groups is 2. The Bertz CT molecular complexity index is 989. The summed E-state index contributed by atoms with van der Waals surface area (Å²) in [5, 5.41) is 6.16. The zero-order valence-corrected chi connectivity index (χ0v) is 23.4. The molecule has 1 saturated carbocycles. The normalized spacial score (nSPS) is 19.6. The maximum Gasteiger partial charge on any atom is 0.220 e. The number of nitrogens with one attached hydrogen (secondary N) is 2. The first-order valence-corrected chi connectivity index (χ1v) is 13.7. The molecule has 0 saturated heterocycles. The summed E-state index contributed by atoms with van der Waals surface area (Å²) in [5.41, 5.74) is 2.55. The van der Waals surface area contributed by atoms with Crippen molar-refractivity contribution in [3.8, 4) is 5.75 Å². The predicted octanol–water partition coefficient (Wildman–Crippen LogP) is 4.89. The molecule has 0 radical (unpaired) electrons. The highest BCUT2D eigenvalue weighted by molar-refractivity contribution is 9.10. The van der Waals surface area contributed by atoms with Gasteiger partial charge in [-0.2, -0.15) is 0 Å². The van der Waals surface area contributed by atoms with Crippen LogP contribution in [0.2, 0.25) is 0 Å². The second kappa shape index (κ2) is 13.8. The van der Waals surface area contributed by atoms with Gasteiger partial charge in [0.2, 0.25) is 11.8 Å². The molecular formula is C29H40BrN3O3. The lowest BCUT2D eigenvalue weighted by Crippen LogP contribution is -2.52. The fourth-order valence-corrected chi connectivity index (χ4v) is 5.54. The number of rotatable bonds is 12. The SMILES string of the molecule is COc1ccc(Br)cc1CCNC(=O)CCCC(=O)NC1CCC(Cc2ccccc2)(N(C)C)CC1. The van der Waals surface area contributed by atoms with E-state index in [4.69, 9.17) is 4.74 Å². The Hall–Kier alpha value is -2.38. The van der Waals surface area contributed by atoms with Gasteiger partial charge in [0.05, 0.1) is 7.11 Å². The van der Waals surface area contributed by atoms with E-state index in [1.54, 1.807) is 7.11 Å².